The first-order valence-electron chi connectivity index (χ1n) is 10.5. The topological polar surface area (TPSA) is 103 Å². The Balaban J connectivity index is 0.00000306. The Kier molecular flexibility index (Phi) is 7.54. The number of aromatic nitrogens is 3. The predicted octanol–water partition coefficient (Wildman–Crippen LogP) is 1.04. The quantitative estimate of drug-likeness (QED) is 0.536. The molecule has 0 spiro atoms. The van der Waals surface area contributed by atoms with Gasteiger partial charge in [0.25, 0.3) is 11.5 Å². The second-order valence-corrected chi connectivity index (χ2v) is 7.71. The van der Waals surface area contributed by atoms with Crippen molar-refractivity contribution >= 4 is 36.0 Å². The number of fused-ring (bicyclic) bond motifs is 1. The normalized spacial score (nSPS) is 14.2. The van der Waals surface area contributed by atoms with Gasteiger partial charge in [0.1, 0.15) is 5.69 Å². The summed E-state index contributed by atoms with van der Waals surface area (Å²) >= 11 is 0. The zero-order valence-electron chi connectivity index (χ0n) is 18.5. The molecule has 0 aliphatic carbocycles. The van der Waals surface area contributed by atoms with Crippen molar-refractivity contribution in [3.63, 3.8) is 0 Å². The van der Waals surface area contributed by atoms with Crippen molar-refractivity contribution in [2.75, 3.05) is 38.1 Å². The van der Waals surface area contributed by atoms with Crippen LogP contribution in [0.25, 0.3) is 10.9 Å². The molecule has 0 saturated carbocycles. The summed E-state index contributed by atoms with van der Waals surface area (Å²) in [7, 11) is 1.48. The molecule has 0 unspecified atom stereocenters. The molecule has 4 rings (SSSR count). The number of benzene rings is 1. The van der Waals surface area contributed by atoms with Gasteiger partial charge in [-0.15, -0.1) is 0 Å². The van der Waals surface area contributed by atoms with Gasteiger partial charge in [-0.05, 0) is 36.8 Å². The number of carbonyl (C=O) groups excluding carboxylic acids is 1. The summed E-state index contributed by atoms with van der Waals surface area (Å²) in [5, 5.41) is 2.92. The number of halogens is 1. The molecule has 1 amide bonds. The molecular weight excluding hydrogens is 447 g/mol. The molecule has 11 heteroatoms. The van der Waals surface area contributed by atoms with Gasteiger partial charge in [-0.2, -0.15) is 17.9 Å². The fourth-order valence-electron chi connectivity index (χ4n) is 4.01. The number of amides is 1. The highest BCUT2D eigenvalue weighted by atomic mass is 32.1. The third-order valence-corrected chi connectivity index (χ3v) is 5.77. The lowest BCUT2D eigenvalue weighted by Crippen LogP contribution is -2.46. The summed E-state index contributed by atoms with van der Waals surface area (Å²) in [6.07, 6.45) is 0. The SMILES string of the molecule is CCn1c(=O)[nH]c2cc(CN3CCN(c4ccc(C(=O)NC)nc4F)CC3)ccc2c1=O.S. The number of carbonyl (C=O) groups is 1. The summed E-state index contributed by atoms with van der Waals surface area (Å²) in [4.78, 5) is 46.8. The van der Waals surface area contributed by atoms with Crippen molar-refractivity contribution in [1.82, 2.24) is 24.8 Å². The van der Waals surface area contributed by atoms with Crippen LogP contribution in [0.3, 0.4) is 0 Å². The van der Waals surface area contributed by atoms with Crippen molar-refractivity contribution in [3.8, 4) is 0 Å². The average molecular weight is 475 g/mol. The molecule has 3 heterocycles. The zero-order valence-corrected chi connectivity index (χ0v) is 19.5. The molecule has 1 saturated heterocycles. The third kappa shape index (κ3) is 4.93. The van der Waals surface area contributed by atoms with Crippen LogP contribution in [0.4, 0.5) is 10.1 Å². The number of hydrogen-bond acceptors (Lipinski definition) is 6. The van der Waals surface area contributed by atoms with E-state index in [0.717, 1.165) is 5.56 Å². The van der Waals surface area contributed by atoms with Crippen LogP contribution in [-0.2, 0) is 13.1 Å². The molecule has 0 bridgehead atoms. The largest absolute Gasteiger partial charge is 0.365 e. The van der Waals surface area contributed by atoms with Gasteiger partial charge >= 0.3 is 5.69 Å². The maximum atomic E-state index is 14.4. The van der Waals surface area contributed by atoms with E-state index in [2.05, 4.69) is 20.2 Å². The molecule has 33 heavy (non-hydrogen) atoms. The maximum Gasteiger partial charge on any atom is 0.328 e. The zero-order chi connectivity index (χ0) is 22.8. The highest BCUT2D eigenvalue weighted by Gasteiger charge is 2.21. The summed E-state index contributed by atoms with van der Waals surface area (Å²) in [5.74, 6) is -1.08. The summed E-state index contributed by atoms with van der Waals surface area (Å²) in [5.41, 5.74) is 1.25. The fraction of sp³-hybridized carbons (Fsp3) is 0.364. The summed E-state index contributed by atoms with van der Waals surface area (Å²) in [6.45, 7) is 5.38. The first kappa shape index (κ1) is 24.5. The smallest absolute Gasteiger partial charge is 0.328 e. The van der Waals surface area contributed by atoms with Crippen molar-refractivity contribution in [2.45, 2.75) is 20.0 Å². The second kappa shape index (κ2) is 10.2. The standard InChI is InChI=1S/C22H25FN6O3.H2S/c1-3-29-21(31)15-5-4-14(12-17(15)26-22(29)32)13-27-8-10-28(11-9-27)18-7-6-16(20(30)24-2)25-19(18)23;/h4-7,12H,3,8-11,13H2,1-2H3,(H,24,30)(H,26,32);1H2. The number of H-pyrrole nitrogens is 1. The molecule has 2 aromatic heterocycles. The molecule has 9 nitrogen and oxygen atoms in total. The molecular formula is C22H27FN6O3S. The van der Waals surface area contributed by atoms with Gasteiger partial charge in [-0.25, -0.2) is 9.78 Å². The van der Waals surface area contributed by atoms with Crippen LogP contribution < -0.4 is 21.5 Å². The lowest BCUT2D eigenvalue weighted by molar-refractivity contribution is 0.0957. The summed E-state index contributed by atoms with van der Waals surface area (Å²) < 4.78 is 15.6. The molecule has 176 valence electrons. The number of nitrogens with one attached hydrogen (secondary N) is 2. The minimum atomic E-state index is -0.657. The van der Waals surface area contributed by atoms with Gasteiger partial charge < -0.3 is 15.2 Å². The number of piperazine rings is 1. The van der Waals surface area contributed by atoms with E-state index >= 15 is 0 Å². The van der Waals surface area contributed by atoms with E-state index in [1.54, 1.807) is 19.1 Å². The molecule has 1 aliphatic heterocycles. The van der Waals surface area contributed by atoms with Gasteiger partial charge in [-0.3, -0.25) is 19.1 Å². The van der Waals surface area contributed by atoms with Gasteiger partial charge in [0.15, 0.2) is 0 Å². The highest BCUT2D eigenvalue weighted by molar-refractivity contribution is 7.59. The lowest BCUT2D eigenvalue weighted by atomic mass is 10.1. The van der Waals surface area contributed by atoms with Crippen molar-refractivity contribution in [2.24, 2.45) is 0 Å². The van der Waals surface area contributed by atoms with E-state index in [1.807, 2.05) is 17.0 Å². The molecule has 0 atom stereocenters. The van der Waals surface area contributed by atoms with E-state index in [0.29, 0.717) is 55.9 Å². The van der Waals surface area contributed by atoms with Gasteiger partial charge in [0, 0.05) is 46.3 Å². The van der Waals surface area contributed by atoms with Crippen LogP contribution >= 0.6 is 13.5 Å². The highest BCUT2D eigenvalue weighted by Crippen LogP contribution is 2.21. The maximum absolute atomic E-state index is 14.4. The van der Waals surface area contributed by atoms with Crippen LogP contribution in [0, 0.1) is 5.95 Å². The molecule has 3 aromatic rings. The Morgan fingerprint density at radius 3 is 2.52 bits per heavy atom. The summed E-state index contributed by atoms with van der Waals surface area (Å²) in [6, 6.07) is 8.60. The predicted molar refractivity (Wildman–Crippen MR) is 130 cm³/mol. The Bertz CT molecular complexity index is 1280. The molecule has 2 N–H and O–H groups in total. The fourth-order valence-corrected chi connectivity index (χ4v) is 4.01. The van der Waals surface area contributed by atoms with E-state index < -0.39 is 17.5 Å². The van der Waals surface area contributed by atoms with Crippen molar-refractivity contribution < 1.29 is 9.18 Å². The number of anilines is 1. The number of nitrogens with zero attached hydrogens (tertiary/aromatic N) is 4. The van der Waals surface area contributed by atoms with Crippen LogP contribution in [0.1, 0.15) is 23.0 Å². The Labute approximate surface area is 196 Å². The van der Waals surface area contributed by atoms with Crippen molar-refractivity contribution in [3.05, 3.63) is 68.4 Å². The number of hydrogen-bond donors (Lipinski definition) is 2. The first-order valence-corrected chi connectivity index (χ1v) is 10.5. The molecule has 1 aromatic carbocycles. The van der Waals surface area contributed by atoms with Gasteiger partial charge in [-0.1, -0.05) is 6.07 Å². The molecule has 0 radical (unpaired) electrons. The van der Waals surface area contributed by atoms with E-state index in [4.69, 9.17) is 0 Å². The van der Waals surface area contributed by atoms with E-state index in [-0.39, 0.29) is 24.7 Å². The number of rotatable bonds is 5. The lowest BCUT2D eigenvalue weighted by Gasteiger charge is -2.36. The van der Waals surface area contributed by atoms with E-state index in [9.17, 15) is 18.8 Å². The van der Waals surface area contributed by atoms with Crippen molar-refractivity contribution in [1.29, 1.82) is 0 Å². The Morgan fingerprint density at radius 2 is 1.88 bits per heavy atom. The average Bonchev–Trinajstić information content (AvgIpc) is 2.79. The first-order chi connectivity index (χ1) is 15.4. The number of aromatic amines is 1. The number of pyridine rings is 1. The third-order valence-electron chi connectivity index (χ3n) is 5.77. The Hall–Kier alpha value is -3.18. The van der Waals surface area contributed by atoms with Crippen LogP contribution in [0.2, 0.25) is 0 Å². The minimum Gasteiger partial charge on any atom is -0.365 e. The Morgan fingerprint density at radius 1 is 1.15 bits per heavy atom. The molecule has 1 fully saturated rings. The van der Waals surface area contributed by atoms with E-state index in [1.165, 1.54) is 17.7 Å². The van der Waals surface area contributed by atoms with Gasteiger partial charge in [0.05, 0.1) is 16.6 Å². The van der Waals surface area contributed by atoms with Crippen LogP contribution in [-0.4, -0.2) is 58.6 Å². The monoisotopic (exact) mass is 474 g/mol. The minimum absolute atomic E-state index is 0. The van der Waals surface area contributed by atoms with Crippen LogP contribution in [0.5, 0.6) is 0 Å². The van der Waals surface area contributed by atoms with Crippen LogP contribution in [0.15, 0.2) is 39.9 Å². The second-order valence-electron chi connectivity index (χ2n) is 7.71. The molecule has 1 aliphatic rings. The van der Waals surface area contributed by atoms with Gasteiger partial charge in [0.2, 0.25) is 5.95 Å².